The molecule has 0 bridgehead atoms. The summed E-state index contributed by atoms with van der Waals surface area (Å²) in [6.07, 6.45) is 1.34. The third kappa shape index (κ3) is 3.83. The van der Waals surface area contributed by atoms with Crippen molar-refractivity contribution < 1.29 is 10.0 Å². The maximum atomic E-state index is 10.8. The first-order valence-corrected chi connectivity index (χ1v) is 5.38. The van der Waals surface area contributed by atoms with E-state index in [2.05, 4.69) is 10.3 Å². The van der Waals surface area contributed by atoms with Gasteiger partial charge >= 0.3 is 5.69 Å². The van der Waals surface area contributed by atoms with Gasteiger partial charge in [-0.05, 0) is 0 Å². The molecule has 2 N–H and O–H groups in total. The van der Waals surface area contributed by atoms with E-state index in [0.29, 0.717) is 6.54 Å². The van der Waals surface area contributed by atoms with Crippen molar-refractivity contribution in [3.05, 3.63) is 27.4 Å². The number of halogens is 1. The van der Waals surface area contributed by atoms with E-state index in [1.54, 1.807) is 0 Å². The first-order chi connectivity index (χ1) is 7.85. The van der Waals surface area contributed by atoms with E-state index in [9.17, 15) is 10.1 Å². The number of hydrogen-bond donors (Lipinski definition) is 2. The van der Waals surface area contributed by atoms with Gasteiger partial charge in [-0.15, -0.1) is 0 Å². The largest absolute Gasteiger partial charge is 0.396 e. The van der Waals surface area contributed by atoms with Crippen LogP contribution in [0.2, 0.25) is 5.02 Å². The maximum absolute atomic E-state index is 10.8. The fourth-order valence-corrected chi connectivity index (χ4v) is 1.24. The molecule has 0 saturated heterocycles. The highest BCUT2D eigenvalue weighted by atomic mass is 35.5. The van der Waals surface area contributed by atoms with Gasteiger partial charge in [0, 0.05) is 30.8 Å². The van der Waals surface area contributed by atoms with Crippen molar-refractivity contribution in [2.24, 2.45) is 5.41 Å². The number of anilines is 1. The number of nitrogens with one attached hydrogen (secondary N) is 1. The maximum Gasteiger partial charge on any atom is 0.312 e. The number of rotatable bonds is 5. The Morgan fingerprint density at radius 1 is 1.65 bits per heavy atom. The first-order valence-electron chi connectivity index (χ1n) is 5.00. The molecule has 0 unspecified atom stereocenters. The molecule has 1 heterocycles. The lowest BCUT2D eigenvalue weighted by atomic mass is 9.95. The van der Waals surface area contributed by atoms with Gasteiger partial charge in [0.15, 0.2) is 0 Å². The number of nitrogens with zero attached hydrogens (tertiary/aromatic N) is 2. The van der Waals surface area contributed by atoms with Crippen molar-refractivity contribution in [3.63, 3.8) is 0 Å². The van der Waals surface area contributed by atoms with Gasteiger partial charge in [0.1, 0.15) is 0 Å². The van der Waals surface area contributed by atoms with E-state index >= 15 is 0 Å². The normalized spacial score (nSPS) is 11.3. The van der Waals surface area contributed by atoms with Gasteiger partial charge in [0.05, 0.1) is 9.95 Å². The van der Waals surface area contributed by atoms with E-state index in [-0.39, 0.29) is 28.5 Å². The molecule has 0 aliphatic rings. The Kier molecular flexibility index (Phi) is 4.25. The van der Waals surface area contributed by atoms with Gasteiger partial charge < -0.3 is 10.4 Å². The first kappa shape index (κ1) is 13.7. The minimum atomic E-state index is -0.548. The summed E-state index contributed by atoms with van der Waals surface area (Å²) in [5.74, 6) is 0.154. The highest BCUT2D eigenvalue weighted by Crippen LogP contribution is 2.26. The zero-order valence-corrected chi connectivity index (χ0v) is 10.4. The Morgan fingerprint density at radius 3 is 2.82 bits per heavy atom. The van der Waals surface area contributed by atoms with Crippen molar-refractivity contribution in [2.75, 3.05) is 18.5 Å². The molecule has 7 heteroatoms. The van der Waals surface area contributed by atoms with Crippen LogP contribution in [0.1, 0.15) is 13.8 Å². The summed E-state index contributed by atoms with van der Waals surface area (Å²) in [7, 11) is 0. The van der Waals surface area contributed by atoms with Crippen LogP contribution in [0.5, 0.6) is 0 Å². The molecule has 6 nitrogen and oxygen atoms in total. The van der Waals surface area contributed by atoms with Crippen molar-refractivity contribution in [2.45, 2.75) is 13.8 Å². The second-order valence-electron chi connectivity index (χ2n) is 4.45. The summed E-state index contributed by atoms with van der Waals surface area (Å²) in [4.78, 5) is 14.1. The zero-order valence-electron chi connectivity index (χ0n) is 9.61. The topological polar surface area (TPSA) is 88.3 Å². The predicted molar refractivity (Wildman–Crippen MR) is 65.3 cm³/mol. The van der Waals surface area contributed by atoms with Gasteiger partial charge in [-0.2, -0.15) is 0 Å². The van der Waals surface area contributed by atoms with Gasteiger partial charge in [-0.3, -0.25) is 10.1 Å². The molecule has 94 valence electrons. The van der Waals surface area contributed by atoms with Crippen LogP contribution in [-0.4, -0.2) is 28.2 Å². The number of hydrogen-bond acceptors (Lipinski definition) is 5. The van der Waals surface area contributed by atoms with Crippen molar-refractivity contribution >= 4 is 23.1 Å². The van der Waals surface area contributed by atoms with Crippen LogP contribution in [0, 0.1) is 15.5 Å². The summed E-state index contributed by atoms with van der Waals surface area (Å²) in [5.41, 5.74) is -0.555. The molecule has 0 aliphatic heterocycles. The van der Waals surface area contributed by atoms with E-state index in [1.807, 2.05) is 13.8 Å². The standard InChI is InChI=1S/C10H14ClN3O3/c1-10(2,6-15)5-13-9-8(14(16)17)3-7(11)4-12-9/h3-4,15H,5-6H2,1-2H3,(H,12,13). The third-order valence-corrected chi connectivity index (χ3v) is 2.40. The molecule has 1 aromatic rings. The number of aromatic nitrogens is 1. The van der Waals surface area contributed by atoms with E-state index in [1.165, 1.54) is 12.3 Å². The molecule has 0 atom stereocenters. The highest BCUT2D eigenvalue weighted by Gasteiger charge is 2.20. The SMILES string of the molecule is CC(C)(CO)CNc1ncc(Cl)cc1[N+](=O)[O-]. The van der Waals surface area contributed by atoms with Gasteiger partial charge in [-0.1, -0.05) is 25.4 Å². The van der Waals surface area contributed by atoms with Crippen LogP contribution in [0.15, 0.2) is 12.3 Å². The minimum Gasteiger partial charge on any atom is -0.396 e. The Morgan fingerprint density at radius 2 is 2.29 bits per heavy atom. The summed E-state index contributed by atoms with van der Waals surface area (Å²) in [6.45, 7) is 4.02. The van der Waals surface area contributed by atoms with Crippen molar-refractivity contribution in [1.82, 2.24) is 4.98 Å². The van der Waals surface area contributed by atoms with Crippen molar-refractivity contribution in [1.29, 1.82) is 0 Å². The smallest absolute Gasteiger partial charge is 0.312 e. The third-order valence-electron chi connectivity index (χ3n) is 2.19. The van der Waals surface area contributed by atoms with Gasteiger partial charge in [-0.25, -0.2) is 4.98 Å². The molecule has 0 aliphatic carbocycles. The Labute approximate surface area is 104 Å². The van der Waals surface area contributed by atoms with Crippen LogP contribution in [0.25, 0.3) is 0 Å². The fraction of sp³-hybridized carbons (Fsp3) is 0.500. The van der Waals surface area contributed by atoms with E-state index < -0.39 is 4.92 Å². The molecule has 17 heavy (non-hydrogen) atoms. The molecular formula is C10H14ClN3O3. The summed E-state index contributed by atoms with van der Waals surface area (Å²) >= 11 is 5.64. The Bertz CT molecular complexity index is 423. The van der Waals surface area contributed by atoms with Crippen LogP contribution < -0.4 is 5.32 Å². The van der Waals surface area contributed by atoms with Crippen LogP contribution in [0.3, 0.4) is 0 Å². The average Bonchev–Trinajstić information content (AvgIpc) is 2.27. The highest BCUT2D eigenvalue weighted by molar-refractivity contribution is 6.30. The summed E-state index contributed by atoms with van der Waals surface area (Å²) in [5, 5.41) is 22.9. The van der Waals surface area contributed by atoms with E-state index in [4.69, 9.17) is 16.7 Å². The Balaban J connectivity index is 2.88. The fourth-order valence-electron chi connectivity index (χ4n) is 1.08. The summed E-state index contributed by atoms with van der Waals surface area (Å²) < 4.78 is 0. The van der Waals surface area contributed by atoms with Crippen LogP contribution >= 0.6 is 11.6 Å². The second kappa shape index (κ2) is 5.29. The Hall–Kier alpha value is -1.40. The molecule has 0 saturated carbocycles. The molecule has 0 radical (unpaired) electrons. The van der Waals surface area contributed by atoms with Gasteiger partial charge in [0.25, 0.3) is 0 Å². The summed E-state index contributed by atoms with van der Waals surface area (Å²) in [6, 6.07) is 1.24. The number of aliphatic hydroxyl groups excluding tert-OH is 1. The monoisotopic (exact) mass is 259 g/mol. The predicted octanol–water partition coefficient (Wildman–Crippen LogP) is 2.07. The number of pyridine rings is 1. The lowest BCUT2D eigenvalue weighted by molar-refractivity contribution is -0.384. The molecule has 0 amide bonds. The lowest BCUT2D eigenvalue weighted by Crippen LogP contribution is -2.27. The lowest BCUT2D eigenvalue weighted by Gasteiger charge is -2.21. The van der Waals surface area contributed by atoms with Gasteiger partial charge in [0.2, 0.25) is 5.82 Å². The molecule has 0 fully saturated rings. The molecule has 0 aromatic carbocycles. The number of nitro groups is 1. The minimum absolute atomic E-state index is 0.0264. The molecule has 1 aromatic heterocycles. The van der Waals surface area contributed by atoms with Crippen LogP contribution in [-0.2, 0) is 0 Å². The second-order valence-corrected chi connectivity index (χ2v) is 4.89. The average molecular weight is 260 g/mol. The van der Waals surface area contributed by atoms with Crippen LogP contribution in [0.4, 0.5) is 11.5 Å². The molecular weight excluding hydrogens is 246 g/mol. The molecule has 0 spiro atoms. The quantitative estimate of drug-likeness (QED) is 0.624. The molecule has 1 rings (SSSR count). The van der Waals surface area contributed by atoms with E-state index in [0.717, 1.165) is 0 Å². The zero-order chi connectivity index (χ0) is 13.1. The number of aliphatic hydroxyl groups is 1. The van der Waals surface area contributed by atoms with Crippen molar-refractivity contribution in [3.8, 4) is 0 Å².